The minimum atomic E-state index is 0.479. The molecule has 0 fully saturated rings. The highest BCUT2D eigenvalue weighted by Gasteiger charge is 2.10. The Hall–Kier alpha value is -2.67. The van der Waals surface area contributed by atoms with Crippen LogP contribution in [0.2, 0.25) is 0 Å². The van der Waals surface area contributed by atoms with Crippen molar-refractivity contribution in [3.05, 3.63) is 48.0 Å². The molecule has 0 heterocycles. The van der Waals surface area contributed by atoms with Crippen LogP contribution in [0.1, 0.15) is 5.56 Å². The summed E-state index contributed by atoms with van der Waals surface area (Å²) in [5, 5.41) is 9.01. The van der Waals surface area contributed by atoms with E-state index in [0.717, 1.165) is 17.1 Å². The molecule has 2 aromatic carbocycles. The van der Waals surface area contributed by atoms with Crippen LogP contribution in [0.5, 0.6) is 5.75 Å². The largest absolute Gasteiger partial charge is 0.497 e. The smallest absolute Gasteiger partial charge is 0.120 e. The molecule has 0 radical (unpaired) electrons. The molecular weight excluding hydrogens is 238 g/mol. The van der Waals surface area contributed by atoms with Gasteiger partial charge in [-0.1, -0.05) is 12.1 Å². The summed E-state index contributed by atoms with van der Waals surface area (Å²) in [5.74, 6) is 0.777. The second-order valence-corrected chi connectivity index (χ2v) is 4.11. The van der Waals surface area contributed by atoms with Crippen molar-refractivity contribution in [2.45, 2.75) is 0 Å². The molecule has 0 saturated carbocycles. The third-order valence-electron chi connectivity index (χ3n) is 3.01. The van der Waals surface area contributed by atoms with Crippen molar-refractivity contribution in [3.63, 3.8) is 0 Å². The lowest BCUT2D eigenvalue weighted by Crippen LogP contribution is -2.12. The number of nitriles is 1. The lowest BCUT2D eigenvalue weighted by molar-refractivity contribution is 0.415. The van der Waals surface area contributed by atoms with Crippen molar-refractivity contribution < 1.29 is 4.74 Å². The standard InChI is InChI=1S/C15H15N3O/c1-18(12-6-4-7-13(9-12)19-2)14-8-3-5-11(10-16)15(14)17/h3-9H,17H2,1-2H3. The molecule has 4 nitrogen and oxygen atoms in total. The first-order valence-electron chi connectivity index (χ1n) is 5.83. The van der Waals surface area contributed by atoms with E-state index in [-0.39, 0.29) is 0 Å². The Morgan fingerprint density at radius 1 is 1.21 bits per heavy atom. The van der Waals surface area contributed by atoms with Gasteiger partial charge in [-0.3, -0.25) is 0 Å². The van der Waals surface area contributed by atoms with E-state index in [9.17, 15) is 0 Å². The monoisotopic (exact) mass is 253 g/mol. The number of methoxy groups -OCH3 is 1. The molecule has 0 bridgehead atoms. The molecule has 19 heavy (non-hydrogen) atoms. The Balaban J connectivity index is 2.44. The van der Waals surface area contributed by atoms with Gasteiger partial charge in [-0.05, 0) is 24.3 Å². The summed E-state index contributed by atoms with van der Waals surface area (Å²) in [7, 11) is 3.53. The summed E-state index contributed by atoms with van der Waals surface area (Å²) in [4.78, 5) is 1.93. The van der Waals surface area contributed by atoms with Gasteiger partial charge in [0.2, 0.25) is 0 Å². The number of ether oxygens (including phenoxy) is 1. The minimum absolute atomic E-state index is 0.479. The quantitative estimate of drug-likeness (QED) is 0.854. The highest BCUT2D eigenvalue weighted by molar-refractivity contribution is 5.78. The Kier molecular flexibility index (Phi) is 3.58. The van der Waals surface area contributed by atoms with E-state index in [1.54, 1.807) is 13.2 Å². The average Bonchev–Trinajstić information content (AvgIpc) is 2.47. The lowest BCUT2D eigenvalue weighted by Gasteiger charge is -2.22. The maximum Gasteiger partial charge on any atom is 0.120 e. The zero-order valence-corrected chi connectivity index (χ0v) is 10.9. The second kappa shape index (κ2) is 5.32. The van der Waals surface area contributed by atoms with Crippen LogP contribution < -0.4 is 15.4 Å². The number of nitrogen functional groups attached to an aromatic ring is 1. The van der Waals surface area contributed by atoms with E-state index in [1.807, 2.05) is 48.3 Å². The molecule has 0 saturated heterocycles. The van der Waals surface area contributed by atoms with E-state index in [1.165, 1.54) is 0 Å². The first kappa shape index (κ1) is 12.8. The molecule has 0 aromatic heterocycles. The molecule has 2 N–H and O–H groups in total. The summed E-state index contributed by atoms with van der Waals surface area (Å²) in [6.07, 6.45) is 0. The van der Waals surface area contributed by atoms with Crippen LogP contribution in [0.3, 0.4) is 0 Å². The number of nitrogens with zero attached hydrogens (tertiary/aromatic N) is 2. The molecule has 0 aliphatic carbocycles. The van der Waals surface area contributed by atoms with Crippen LogP contribution in [-0.2, 0) is 0 Å². The zero-order valence-electron chi connectivity index (χ0n) is 10.9. The number of benzene rings is 2. The van der Waals surface area contributed by atoms with Crippen LogP contribution in [0.25, 0.3) is 0 Å². The summed E-state index contributed by atoms with van der Waals surface area (Å²) in [6, 6.07) is 15.2. The van der Waals surface area contributed by atoms with Crippen LogP contribution in [0, 0.1) is 11.3 Å². The fraction of sp³-hybridized carbons (Fsp3) is 0.133. The minimum Gasteiger partial charge on any atom is -0.497 e. The van der Waals surface area contributed by atoms with Crippen molar-refractivity contribution in [1.29, 1.82) is 5.26 Å². The Bertz CT molecular complexity index is 632. The molecule has 96 valence electrons. The Morgan fingerprint density at radius 2 is 1.95 bits per heavy atom. The number of hydrogen-bond acceptors (Lipinski definition) is 4. The topological polar surface area (TPSA) is 62.3 Å². The SMILES string of the molecule is COc1cccc(N(C)c2cccc(C#N)c2N)c1. The van der Waals surface area contributed by atoms with Crippen molar-refractivity contribution >= 4 is 17.1 Å². The molecule has 0 unspecified atom stereocenters. The summed E-state index contributed by atoms with van der Waals surface area (Å²) in [6.45, 7) is 0. The lowest BCUT2D eigenvalue weighted by atomic mass is 10.1. The molecule has 2 rings (SSSR count). The molecule has 0 aliphatic rings. The number of hydrogen-bond donors (Lipinski definition) is 1. The van der Waals surface area contributed by atoms with Crippen molar-refractivity contribution in [2.75, 3.05) is 24.8 Å². The first-order valence-corrected chi connectivity index (χ1v) is 5.83. The highest BCUT2D eigenvalue weighted by atomic mass is 16.5. The number of anilines is 3. The second-order valence-electron chi connectivity index (χ2n) is 4.11. The highest BCUT2D eigenvalue weighted by Crippen LogP contribution is 2.32. The van der Waals surface area contributed by atoms with E-state index in [4.69, 9.17) is 15.7 Å². The summed E-state index contributed by atoms with van der Waals surface area (Å²) >= 11 is 0. The normalized spacial score (nSPS) is 9.74. The molecular formula is C15H15N3O. The van der Waals surface area contributed by atoms with Gasteiger partial charge < -0.3 is 15.4 Å². The van der Waals surface area contributed by atoms with Gasteiger partial charge in [0.05, 0.1) is 24.0 Å². The van der Waals surface area contributed by atoms with Gasteiger partial charge in [0.25, 0.3) is 0 Å². The molecule has 4 heteroatoms. The zero-order chi connectivity index (χ0) is 13.8. The fourth-order valence-corrected chi connectivity index (χ4v) is 1.90. The molecule has 2 aromatic rings. The van der Waals surface area contributed by atoms with E-state index in [2.05, 4.69) is 6.07 Å². The van der Waals surface area contributed by atoms with Gasteiger partial charge >= 0.3 is 0 Å². The van der Waals surface area contributed by atoms with Crippen LogP contribution in [0.15, 0.2) is 42.5 Å². The molecule has 0 atom stereocenters. The predicted octanol–water partition coefficient (Wildman–Crippen LogP) is 2.92. The van der Waals surface area contributed by atoms with Crippen molar-refractivity contribution in [3.8, 4) is 11.8 Å². The number of para-hydroxylation sites is 1. The maximum absolute atomic E-state index is 9.01. The van der Waals surface area contributed by atoms with Gasteiger partial charge in [0.1, 0.15) is 11.8 Å². The van der Waals surface area contributed by atoms with Gasteiger partial charge in [-0.2, -0.15) is 5.26 Å². The molecule has 0 amide bonds. The fourth-order valence-electron chi connectivity index (χ4n) is 1.90. The third-order valence-corrected chi connectivity index (χ3v) is 3.01. The molecule has 0 aliphatic heterocycles. The Labute approximate surface area is 112 Å². The van der Waals surface area contributed by atoms with Gasteiger partial charge in [0, 0.05) is 18.8 Å². The van der Waals surface area contributed by atoms with Crippen molar-refractivity contribution in [1.82, 2.24) is 0 Å². The maximum atomic E-state index is 9.01. The number of nitrogens with two attached hydrogens (primary N) is 1. The number of rotatable bonds is 3. The van der Waals surface area contributed by atoms with Crippen LogP contribution >= 0.6 is 0 Å². The first-order chi connectivity index (χ1) is 9.17. The summed E-state index contributed by atoms with van der Waals surface area (Å²) in [5.41, 5.74) is 8.71. The predicted molar refractivity (Wildman–Crippen MR) is 76.6 cm³/mol. The van der Waals surface area contributed by atoms with E-state index in [0.29, 0.717) is 11.3 Å². The summed E-state index contributed by atoms with van der Waals surface area (Å²) < 4.78 is 5.21. The Morgan fingerprint density at radius 3 is 2.63 bits per heavy atom. The molecule has 0 spiro atoms. The van der Waals surface area contributed by atoms with E-state index >= 15 is 0 Å². The van der Waals surface area contributed by atoms with Crippen LogP contribution in [0.4, 0.5) is 17.1 Å². The van der Waals surface area contributed by atoms with Gasteiger partial charge in [-0.25, -0.2) is 0 Å². The van der Waals surface area contributed by atoms with Crippen molar-refractivity contribution in [2.24, 2.45) is 0 Å². The van der Waals surface area contributed by atoms with Crippen LogP contribution in [-0.4, -0.2) is 14.2 Å². The van der Waals surface area contributed by atoms with Gasteiger partial charge in [-0.15, -0.1) is 0 Å². The van der Waals surface area contributed by atoms with E-state index < -0.39 is 0 Å². The third kappa shape index (κ3) is 2.45. The van der Waals surface area contributed by atoms with Gasteiger partial charge in [0.15, 0.2) is 0 Å². The average molecular weight is 253 g/mol.